The Bertz CT molecular complexity index is 586. The molecule has 2 fully saturated rings. The second kappa shape index (κ2) is 5.11. The van der Waals surface area contributed by atoms with Gasteiger partial charge in [-0.3, -0.25) is 9.59 Å². The summed E-state index contributed by atoms with van der Waals surface area (Å²) in [5.41, 5.74) is -0.397. The molecule has 1 aromatic rings. The van der Waals surface area contributed by atoms with Crippen LogP contribution in [0.1, 0.15) is 18.4 Å². The Morgan fingerprint density at radius 1 is 1.43 bits per heavy atom. The predicted octanol–water partition coefficient (Wildman–Crippen LogP) is 0.788. The van der Waals surface area contributed by atoms with Crippen molar-refractivity contribution in [2.24, 2.45) is 0 Å². The number of halogens is 1. The molecule has 1 aromatic carbocycles. The van der Waals surface area contributed by atoms with Crippen molar-refractivity contribution in [2.75, 3.05) is 20.3 Å². The molecular weight excluding hydrogens is 275 g/mol. The molecule has 0 aromatic heterocycles. The lowest BCUT2D eigenvalue weighted by atomic mass is 9.87. The van der Waals surface area contributed by atoms with Crippen molar-refractivity contribution < 1.29 is 18.7 Å². The van der Waals surface area contributed by atoms with Crippen molar-refractivity contribution in [3.63, 3.8) is 0 Å². The number of hydrogen-bond acceptors (Lipinski definition) is 3. The fourth-order valence-electron chi connectivity index (χ4n) is 2.88. The number of nitrogens with zero attached hydrogens (tertiary/aromatic N) is 1. The van der Waals surface area contributed by atoms with Crippen LogP contribution < -0.4 is 5.32 Å². The first-order chi connectivity index (χ1) is 10.0. The largest absolute Gasteiger partial charge is 0.376 e. The number of benzene rings is 1. The van der Waals surface area contributed by atoms with Crippen LogP contribution in [0.15, 0.2) is 24.3 Å². The third-order valence-corrected chi connectivity index (χ3v) is 4.24. The van der Waals surface area contributed by atoms with Gasteiger partial charge in [0.1, 0.15) is 17.4 Å². The van der Waals surface area contributed by atoms with Gasteiger partial charge in [0.2, 0.25) is 11.8 Å². The second-order valence-corrected chi connectivity index (χ2v) is 5.60. The number of rotatable bonds is 3. The Kier molecular flexibility index (Phi) is 3.41. The molecule has 0 unspecified atom stereocenters. The lowest BCUT2D eigenvalue weighted by molar-refractivity contribution is -0.141. The van der Waals surface area contributed by atoms with Crippen LogP contribution in [0.25, 0.3) is 0 Å². The van der Waals surface area contributed by atoms with E-state index < -0.39 is 11.6 Å². The van der Waals surface area contributed by atoms with E-state index >= 15 is 0 Å². The maximum absolute atomic E-state index is 14.0. The van der Waals surface area contributed by atoms with Gasteiger partial charge in [0.25, 0.3) is 0 Å². The normalized spacial score (nSPS) is 23.8. The fourth-order valence-corrected chi connectivity index (χ4v) is 2.88. The van der Waals surface area contributed by atoms with Gasteiger partial charge in [0.05, 0.1) is 13.2 Å². The van der Waals surface area contributed by atoms with Gasteiger partial charge >= 0.3 is 0 Å². The van der Waals surface area contributed by atoms with Gasteiger partial charge < -0.3 is 15.0 Å². The van der Waals surface area contributed by atoms with Crippen LogP contribution in [0.2, 0.25) is 0 Å². The van der Waals surface area contributed by atoms with E-state index in [2.05, 4.69) is 5.32 Å². The van der Waals surface area contributed by atoms with Crippen molar-refractivity contribution in [1.29, 1.82) is 0 Å². The van der Waals surface area contributed by atoms with Gasteiger partial charge in [-0.2, -0.15) is 0 Å². The summed E-state index contributed by atoms with van der Waals surface area (Å²) in [7, 11) is 1.62. The van der Waals surface area contributed by atoms with E-state index in [0.29, 0.717) is 18.4 Å². The number of hydrogen-bond donors (Lipinski definition) is 1. The van der Waals surface area contributed by atoms with Crippen molar-refractivity contribution in [2.45, 2.75) is 24.4 Å². The molecule has 2 aliphatic heterocycles. The van der Waals surface area contributed by atoms with Gasteiger partial charge in [0.15, 0.2) is 0 Å². The Morgan fingerprint density at radius 3 is 2.67 bits per heavy atom. The molecule has 2 saturated heterocycles. The lowest BCUT2D eigenvalue weighted by Crippen LogP contribution is -2.62. The quantitative estimate of drug-likeness (QED) is 0.896. The number of carbonyl (C=O) groups is 2. The Labute approximate surface area is 122 Å². The van der Waals surface area contributed by atoms with Crippen molar-refractivity contribution >= 4 is 11.8 Å². The summed E-state index contributed by atoms with van der Waals surface area (Å²) in [6.07, 6.45) is 0.868. The first-order valence-corrected chi connectivity index (χ1v) is 6.94. The highest BCUT2D eigenvalue weighted by Gasteiger charge is 2.46. The van der Waals surface area contributed by atoms with Crippen LogP contribution in [0.5, 0.6) is 0 Å². The molecule has 0 radical (unpaired) electrons. The molecule has 112 valence electrons. The molecule has 2 heterocycles. The molecule has 1 atom stereocenters. The van der Waals surface area contributed by atoms with Crippen LogP contribution in [0.4, 0.5) is 4.39 Å². The van der Waals surface area contributed by atoms with E-state index in [9.17, 15) is 14.0 Å². The third kappa shape index (κ3) is 2.29. The molecule has 0 spiro atoms. The van der Waals surface area contributed by atoms with Crippen LogP contribution in [-0.4, -0.2) is 43.0 Å². The standard InChI is InChI=1S/C15H17FN2O3/c1-18-12(6-7-13(18)19)14(20)17-15(8-21-9-15)10-4-2-3-5-11(10)16/h2-5,12H,6-9H2,1H3,(H,17,20)/t12-/m1/s1. The zero-order chi connectivity index (χ0) is 15.0. The maximum atomic E-state index is 14.0. The summed E-state index contributed by atoms with van der Waals surface area (Å²) in [5, 5.41) is 2.88. The summed E-state index contributed by atoms with van der Waals surface area (Å²) < 4.78 is 19.2. The second-order valence-electron chi connectivity index (χ2n) is 5.60. The topological polar surface area (TPSA) is 58.6 Å². The number of carbonyl (C=O) groups excluding carboxylic acids is 2. The van der Waals surface area contributed by atoms with Crippen LogP contribution in [-0.2, 0) is 19.9 Å². The molecule has 2 aliphatic rings. The Hall–Kier alpha value is -1.95. The van der Waals surface area contributed by atoms with E-state index in [4.69, 9.17) is 4.74 Å². The van der Waals surface area contributed by atoms with E-state index in [1.54, 1.807) is 25.2 Å². The van der Waals surface area contributed by atoms with E-state index in [0.717, 1.165) is 0 Å². The average Bonchev–Trinajstić information content (AvgIpc) is 2.75. The van der Waals surface area contributed by atoms with Crippen molar-refractivity contribution in [1.82, 2.24) is 10.2 Å². The fraction of sp³-hybridized carbons (Fsp3) is 0.467. The number of likely N-dealkylation sites (tertiary alicyclic amines) is 1. The van der Waals surface area contributed by atoms with Crippen LogP contribution in [0, 0.1) is 5.82 Å². The summed E-state index contributed by atoms with van der Waals surface area (Å²) in [6, 6.07) is 5.88. The van der Waals surface area contributed by atoms with E-state index in [-0.39, 0.29) is 30.8 Å². The van der Waals surface area contributed by atoms with Crippen LogP contribution in [0.3, 0.4) is 0 Å². The average molecular weight is 292 g/mol. The highest BCUT2D eigenvalue weighted by Crippen LogP contribution is 2.32. The van der Waals surface area contributed by atoms with Gasteiger partial charge in [-0.1, -0.05) is 18.2 Å². The SMILES string of the molecule is CN1C(=O)CC[C@@H]1C(=O)NC1(c2ccccc2F)COC1. The zero-order valence-electron chi connectivity index (χ0n) is 11.8. The number of amides is 2. The van der Waals surface area contributed by atoms with Crippen molar-refractivity contribution in [3.05, 3.63) is 35.6 Å². The predicted molar refractivity (Wildman–Crippen MR) is 72.8 cm³/mol. The Morgan fingerprint density at radius 2 is 2.14 bits per heavy atom. The first kappa shape index (κ1) is 14.0. The summed E-state index contributed by atoms with van der Waals surface area (Å²) in [6.45, 7) is 0.480. The smallest absolute Gasteiger partial charge is 0.243 e. The van der Waals surface area contributed by atoms with Gasteiger partial charge in [-0.15, -0.1) is 0 Å². The number of ether oxygens (including phenoxy) is 1. The minimum atomic E-state index is -0.824. The summed E-state index contributed by atoms with van der Waals surface area (Å²) in [4.78, 5) is 25.4. The van der Waals surface area contributed by atoms with Crippen LogP contribution >= 0.6 is 0 Å². The number of likely N-dealkylation sites (N-methyl/N-ethyl adjacent to an activating group) is 1. The molecule has 0 bridgehead atoms. The summed E-state index contributed by atoms with van der Waals surface area (Å²) in [5.74, 6) is -0.660. The minimum Gasteiger partial charge on any atom is -0.376 e. The third-order valence-electron chi connectivity index (χ3n) is 4.24. The highest BCUT2D eigenvalue weighted by atomic mass is 19.1. The zero-order valence-corrected chi connectivity index (χ0v) is 11.8. The van der Waals surface area contributed by atoms with Crippen molar-refractivity contribution in [3.8, 4) is 0 Å². The molecule has 0 aliphatic carbocycles. The van der Waals surface area contributed by atoms with Gasteiger partial charge in [0, 0.05) is 19.0 Å². The van der Waals surface area contributed by atoms with E-state index in [1.165, 1.54) is 11.0 Å². The molecule has 21 heavy (non-hydrogen) atoms. The lowest BCUT2D eigenvalue weighted by Gasteiger charge is -2.43. The monoisotopic (exact) mass is 292 g/mol. The number of nitrogens with one attached hydrogen (secondary N) is 1. The molecule has 1 N–H and O–H groups in total. The molecule has 0 saturated carbocycles. The maximum Gasteiger partial charge on any atom is 0.243 e. The highest BCUT2D eigenvalue weighted by molar-refractivity contribution is 5.91. The molecule has 6 heteroatoms. The van der Waals surface area contributed by atoms with Gasteiger partial charge in [-0.05, 0) is 12.5 Å². The molecular formula is C15H17FN2O3. The minimum absolute atomic E-state index is 0.0417. The summed E-state index contributed by atoms with van der Waals surface area (Å²) >= 11 is 0. The molecule has 3 rings (SSSR count). The Balaban J connectivity index is 1.80. The van der Waals surface area contributed by atoms with E-state index in [1.807, 2.05) is 0 Å². The van der Waals surface area contributed by atoms with Gasteiger partial charge in [-0.25, -0.2) is 4.39 Å². The first-order valence-electron chi connectivity index (χ1n) is 6.94. The molecule has 5 nitrogen and oxygen atoms in total. The molecule has 2 amide bonds.